The molecule has 0 saturated carbocycles. The molecule has 1 aromatic carbocycles. The highest BCUT2D eigenvalue weighted by molar-refractivity contribution is 5.99. The van der Waals surface area contributed by atoms with Crippen molar-refractivity contribution in [3.05, 3.63) is 23.8 Å². The Hall–Kier alpha value is -1.71. The number of nitrogens with two attached hydrogens (primary N) is 1. The van der Waals surface area contributed by atoms with Gasteiger partial charge in [-0.05, 0) is 37.3 Å². The van der Waals surface area contributed by atoms with E-state index in [-0.39, 0.29) is 11.4 Å². The van der Waals surface area contributed by atoms with Gasteiger partial charge in [-0.3, -0.25) is 0 Å². The first-order valence-electron chi connectivity index (χ1n) is 7.25. The van der Waals surface area contributed by atoms with Gasteiger partial charge in [0.05, 0.1) is 23.5 Å². The number of anilines is 2. The van der Waals surface area contributed by atoms with Crippen molar-refractivity contribution >= 4 is 17.3 Å². The third-order valence-electron chi connectivity index (χ3n) is 3.78. The van der Waals surface area contributed by atoms with Crippen molar-refractivity contribution in [1.82, 2.24) is 0 Å². The quantitative estimate of drug-likeness (QED) is 0.681. The molecule has 0 amide bonds. The van der Waals surface area contributed by atoms with Crippen LogP contribution in [-0.2, 0) is 4.74 Å². The van der Waals surface area contributed by atoms with Crippen molar-refractivity contribution in [3.8, 4) is 0 Å². The summed E-state index contributed by atoms with van der Waals surface area (Å²) in [5.74, 6) is -0.293. The Bertz CT molecular complexity index is 497. The molecule has 0 atom stereocenters. The van der Waals surface area contributed by atoms with Crippen LogP contribution in [0.5, 0.6) is 0 Å². The zero-order valence-electron chi connectivity index (χ0n) is 12.6. The Balaban J connectivity index is 2.37. The number of nitrogen functional groups attached to an aromatic ring is 1. The Morgan fingerprint density at radius 1 is 1.45 bits per heavy atom. The molecule has 1 aliphatic rings. The van der Waals surface area contributed by atoms with Crippen LogP contribution < -0.4 is 10.6 Å². The van der Waals surface area contributed by atoms with Crippen molar-refractivity contribution in [3.63, 3.8) is 0 Å². The molecular formula is C16H24N2O2. The standard InChI is InChI=1S/C16H24N2O2/c1-4-20-15(19)12-7-5-8-13(17)14(12)18-10-6-9-16(2,3)11-18/h5,7-8H,4,6,9-11,17H2,1-3H3. The highest BCUT2D eigenvalue weighted by Crippen LogP contribution is 2.36. The lowest BCUT2D eigenvalue weighted by Gasteiger charge is -2.40. The maximum absolute atomic E-state index is 12.1. The van der Waals surface area contributed by atoms with E-state index in [1.165, 1.54) is 6.42 Å². The van der Waals surface area contributed by atoms with Crippen LogP contribution in [-0.4, -0.2) is 25.7 Å². The van der Waals surface area contributed by atoms with Gasteiger partial charge < -0.3 is 15.4 Å². The number of benzene rings is 1. The SMILES string of the molecule is CCOC(=O)c1cccc(N)c1N1CCCC(C)(C)C1. The number of rotatable bonds is 3. The Labute approximate surface area is 120 Å². The zero-order chi connectivity index (χ0) is 14.8. The predicted octanol–water partition coefficient (Wildman–Crippen LogP) is 3.07. The largest absolute Gasteiger partial charge is 0.462 e. The molecule has 110 valence electrons. The van der Waals surface area contributed by atoms with Crippen molar-refractivity contribution in [1.29, 1.82) is 0 Å². The fraction of sp³-hybridized carbons (Fsp3) is 0.562. The average molecular weight is 276 g/mol. The molecular weight excluding hydrogens is 252 g/mol. The van der Waals surface area contributed by atoms with E-state index in [1.54, 1.807) is 12.1 Å². The molecule has 1 aliphatic heterocycles. The summed E-state index contributed by atoms with van der Waals surface area (Å²) in [5, 5.41) is 0. The van der Waals surface area contributed by atoms with Gasteiger partial charge in [0.25, 0.3) is 0 Å². The van der Waals surface area contributed by atoms with E-state index in [1.807, 2.05) is 13.0 Å². The van der Waals surface area contributed by atoms with Crippen LogP contribution in [0.4, 0.5) is 11.4 Å². The van der Waals surface area contributed by atoms with Crippen LogP contribution >= 0.6 is 0 Å². The maximum atomic E-state index is 12.1. The minimum Gasteiger partial charge on any atom is -0.462 e. The molecule has 0 spiro atoms. The monoisotopic (exact) mass is 276 g/mol. The van der Waals surface area contributed by atoms with E-state index < -0.39 is 0 Å². The van der Waals surface area contributed by atoms with Crippen LogP contribution in [0.1, 0.15) is 44.0 Å². The third kappa shape index (κ3) is 3.06. The molecule has 2 rings (SSSR count). The van der Waals surface area contributed by atoms with Crippen LogP contribution in [0.15, 0.2) is 18.2 Å². The molecule has 1 aromatic rings. The Kier molecular flexibility index (Phi) is 4.21. The summed E-state index contributed by atoms with van der Waals surface area (Å²) in [5.41, 5.74) is 8.42. The van der Waals surface area contributed by atoms with E-state index in [0.29, 0.717) is 17.9 Å². The van der Waals surface area contributed by atoms with Crippen LogP contribution in [0, 0.1) is 5.41 Å². The van der Waals surface area contributed by atoms with E-state index in [0.717, 1.165) is 25.2 Å². The van der Waals surface area contributed by atoms with Gasteiger partial charge >= 0.3 is 5.97 Å². The summed E-state index contributed by atoms with van der Waals surface area (Å²) >= 11 is 0. The molecule has 0 unspecified atom stereocenters. The van der Waals surface area contributed by atoms with Crippen LogP contribution in [0.2, 0.25) is 0 Å². The number of piperidine rings is 1. The van der Waals surface area contributed by atoms with Gasteiger partial charge in [0.1, 0.15) is 0 Å². The highest BCUT2D eigenvalue weighted by atomic mass is 16.5. The van der Waals surface area contributed by atoms with Gasteiger partial charge in [-0.15, -0.1) is 0 Å². The summed E-state index contributed by atoms with van der Waals surface area (Å²) in [6.45, 7) is 8.54. The first-order chi connectivity index (χ1) is 9.44. The summed E-state index contributed by atoms with van der Waals surface area (Å²) in [6, 6.07) is 5.45. The first-order valence-corrected chi connectivity index (χ1v) is 7.25. The number of carbonyl (C=O) groups excluding carboxylic acids is 1. The number of para-hydroxylation sites is 1. The normalized spacial score (nSPS) is 17.9. The second-order valence-corrected chi connectivity index (χ2v) is 6.15. The first kappa shape index (κ1) is 14.7. The van der Waals surface area contributed by atoms with E-state index >= 15 is 0 Å². The zero-order valence-corrected chi connectivity index (χ0v) is 12.6. The number of esters is 1. The lowest BCUT2D eigenvalue weighted by Crippen LogP contribution is -2.41. The molecule has 2 N–H and O–H groups in total. The molecule has 4 heteroatoms. The minimum atomic E-state index is -0.293. The minimum absolute atomic E-state index is 0.243. The molecule has 1 heterocycles. The number of hydrogen-bond acceptors (Lipinski definition) is 4. The molecule has 1 saturated heterocycles. The average Bonchev–Trinajstić information content (AvgIpc) is 2.37. The van der Waals surface area contributed by atoms with Crippen LogP contribution in [0.3, 0.4) is 0 Å². The van der Waals surface area contributed by atoms with Crippen molar-refractivity contribution < 1.29 is 9.53 Å². The molecule has 0 bridgehead atoms. The van der Waals surface area contributed by atoms with Crippen molar-refractivity contribution in [2.45, 2.75) is 33.6 Å². The molecule has 4 nitrogen and oxygen atoms in total. The molecule has 0 radical (unpaired) electrons. The molecule has 1 fully saturated rings. The molecule has 20 heavy (non-hydrogen) atoms. The smallest absolute Gasteiger partial charge is 0.340 e. The Morgan fingerprint density at radius 2 is 2.20 bits per heavy atom. The van der Waals surface area contributed by atoms with Gasteiger partial charge in [-0.25, -0.2) is 4.79 Å². The fourth-order valence-corrected chi connectivity index (χ4v) is 2.90. The highest BCUT2D eigenvalue weighted by Gasteiger charge is 2.29. The van der Waals surface area contributed by atoms with Gasteiger partial charge in [-0.2, -0.15) is 0 Å². The van der Waals surface area contributed by atoms with Crippen molar-refractivity contribution in [2.75, 3.05) is 30.3 Å². The number of hydrogen-bond donors (Lipinski definition) is 1. The van der Waals surface area contributed by atoms with E-state index in [4.69, 9.17) is 10.5 Å². The lowest BCUT2D eigenvalue weighted by molar-refractivity contribution is 0.0527. The van der Waals surface area contributed by atoms with Gasteiger partial charge in [0, 0.05) is 13.1 Å². The lowest BCUT2D eigenvalue weighted by atomic mass is 9.83. The predicted molar refractivity (Wildman–Crippen MR) is 82.0 cm³/mol. The summed E-state index contributed by atoms with van der Waals surface area (Å²) in [4.78, 5) is 14.3. The summed E-state index contributed by atoms with van der Waals surface area (Å²) in [7, 11) is 0. The molecule has 0 aromatic heterocycles. The summed E-state index contributed by atoms with van der Waals surface area (Å²) in [6.07, 6.45) is 2.31. The topological polar surface area (TPSA) is 55.6 Å². The van der Waals surface area contributed by atoms with E-state index in [2.05, 4.69) is 18.7 Å². The van der Waals surface area contributed by atoms with Gasteiger partial charge in [-0.1, -0.05) is 19.9 Å². The van der Waals surface area contributed by atoms with E-state index in [9.17, 15) is 4.79 Å². The third-order valence-corrected chi connectivity index (χ3v) is 3.78. The second-order valence-electron chi connectivity index (χ2n) is 6.15. The Morgan fingerprint density at radius 3 is 2.85 bits per heavy atom. The van der Waals surface area contributed by atoms with Crippen LogP contribution in [0.25, 0.3) is 0 Å². The number of ether oxygens (including phenoxy) is 1. The number of carbonyl (C=O) groups is 1. The maximum Gasteiger partial charge on any atom is 0.340 e. The molecule has 0 aliphatic carbocycles. The van der Waals surface area contributed by atoms with Gasteiger partial charge in [0.15, 0.2) is 0 Å². The number of nitrogens with zero attached hydrogens (tertiary/aromatic N) is 1. The van der Waals surface area contributed by atoms with Gasteiger partial charge in [0.2, 0.25) is 0 Å². The summed E-state index contributed by atoms with van der Waals surface area (Å²) < 4.78 is 5.15. The fourth-order valence-electron chi connectivity index (χ4n) is 2.90. The van der Waals surface area contributed by atoms with Crippen molar-refractivity contribution in [2.24, 2.45) is 5.41 Å². The second kappa shape index (κ2) is 5.73.